The van der Waals surface area contributed by atoms with Gasteiger partial charge in [0.15, 0.2) is 0 Å². The molecule has 0 saturated carbocycles. The van der Waals surface area contributed by atoms with Crippen molar-refractivity contribution < 1.29 is 21.5 Å². The topological polar surface area (TPSA) is 21.7 Å². The van der Waals surface area contributed by atoms with Crippen molar-refractivity contribution in [3.8, 4) is 17.1 Å². The molecular formula is C17H15Br4N3S. The van der Waals surface area contributed by atoms with Crippen molar-refractivity contribution in [2.45, 2.75) is 11.2 Å². The fraction of sp³-hybridized carbons (Fsp3) is 0.176. The van der Waals surface area contributed by atoms with Gasteiger partial charge in [-0.25, -0.2) is 0 Å². The highest BCUT2D eigenvalue weighted by Gasteiger charge is 2.38. The molecule has 2 aromatic carbocycles. The predicted octanol–water partition coefficient (Wildman–Crippen LogP) is 2.56. The van der Waals surface area contributed by atoms with Crippen LogP contribution in [-0.2, 0) is 0 Å². The van der Waals surface area contributed by atoms with Crippen molar-refractivity contribution in [3.63, 3.8) is 0 Å². The molecule has 0 spiro atoms. The van der Waals surface area contributed by atoms with Gasteiger partial charge in [-0.15, -0.1) is 0 Å². The van der Waals surface area contributed by atoms with Gasteiger partial charge >= 0.3 is 11.0 Å². The fourth-order valence-electron chi connectivity index (χ4n) is 2.69. The molecule has 1 aliphatic heterocycles. The molecule has 0 radical (unpaired) electrons. The van der Waals surface area contributed by atoms with Crippen molar-refractivity contribution >= 4 is 55.9 Å². The van der Waals surface area contributed by atoms with E-state index < -0.39 is 0 Å². The molecule has 0 bridgehead atoms. The lowest BCUT2D eigenvalue weighted by atomic mass is 10.2. The van der Waals surface area contributed by atoms with Crippen molar-refractivity contribution in [1.82, 2.24) is 9.78 Å². The van der Waals surface area contributed by atoms with E-state index >= 15 is 0 Å². The Kier molecular flexibility index (Phi) is 8.68. The Morgan fingerprint density at radius 3 is 2.24 bits per heavy atom. The Labute approximate surface area is 185 Å². The molecule has 0 amide bonds. The molecule has 1 aliphatic rings. The van der Waals surface area contributed by atoms with Gasteiger partial charge in [0.25, 0.3) is 0 Å². The Hall–Kier alpha value is -0.150. The number of hydrogen-bond donors (Lipinski definition) is 0. The molecule has 0 aliphatic carbocycles. The van der Waals surface area contributed by atoms with Crippen LogP contribution in [0.25, 0.3) is 17.1 Å². The number of thioether (sulfide) groups is 1. The molecule has 1 aromatic heterocycles. The molecule has 3 aromatic rings. The van der Waals surface area contributed by atoms with E-state index in [9.17, 15) is 0 Å². The normalized spacial score (nSPS) is 14.9. The molecular weight excluding hydrogens is 598 g/mol. The number of rotatable bonds is 3. The molecule has 2 heterocycles. The highest BCUT2D eigenvalue weighted by Crippen LogP contribution is 2.34. The SMILES string of the molecule is BrBr.BrCC1CSc2n1nc(-c1ccccc1)[n+]2-c1ccccc1.[Br-]. The molecule has 4 rings (SSSR count). The lowest BCUT2D eigenvalue weighted by molar-refractivity contribution is -0.626. The summed E-state index contributed by atoms with van der Waals surface area (Å²) in [6.45, 7) is 0. The molecule has 0 N–H and O–H groups in total. The van der Waals surface area contributed by atoms with Gasteiger partial charge in [0, 0.05) is 44.4 Å². The zero-order valence-corrected chi connectivity index (χ0v) is 20.2. The minimum Gasteiger partial charge on any atom is -1.00 e. The molecule has 1 unspecified atom stereocenters. The smallest absolute Gasteiger partial charge is 0.314 e. The number of aromatic nitrogens is 3. The maximum atomic E-state index is 4.92. The maximum Gasteiger partial charge on any atom is 0.314 e. The zero-order chi connectivity index (χ0) is 16.9. The van der Waals surface area contributed by atoms with Crippen molar-refractivity contribution in [3.05, 3.63) is 60.7 Å². The number of nitrogens with zero attached hydrogens (tertiary/aromatic N) is 3. The highest BCUT2D eigenvalue weighted by molar-refractivity contribution is 9.93. The highest BCUT2D eigenvalue weighted by atomic mass is 80.9. The van der Waals surface area contributed by atoms with Gasteiger partial charge in [-0.2, -0.15) is 4.57 Å². The summed E-state index contributed by atoms with van der Waals surface area (Å²) in [4.78, 5) is 0. The van der Waals surface area contributed by atoms with Crippen molar-refractivity contribution in [2.75, 3.05) is 11.1 Å². The Morgan fingerprint density at radius 1 is 1.04 bits per heavy atom. The monoisotopic (exact) mass is 609 g/mol. The van der Waals surface area contributed by atoms with Crippen LogP contribution in [0.3, 0.4) is 0 Å². The van der Waals surface area contributed by atoms with Crippen LogP contribution in [-0.4, -0.2) is 20.9 Å². The third kappa shape index (κ3) is 4.40. The molecule has 132 valence electrons. The van der Waals surface area contributed by atoms with E-state index in [-0.39, 0.29) is 17.0 Å². The summed E-state index contributed by atoms with van der Waals surface area (Å²) in [6, 6.07) is 21.3. The van der Waals surface area contributed by atoms with Gasteiger partial charge < -0.3 is 17.0 Å². The van der Waals surface area contributed by atoms with E-state index in [1.54, 1.807) is 0 Å². The summed E-state index contributed by atoms with van der Waals surface area (Å²) in [7, 11) is 0. The molecule has 0 saturated heterocycles. The van der Waals surface area contributed by atoms with Crippen LogP contribution in [0.5, 0.6) is 0 Å². The number of para-hydroxylation sites is 1. The second kappa shape index (κ2) is 10.3. The van der Waals surface area contributed by atoms with Crippen LogP contribution in [0.4, 0.5) is 0 Å². The Balaban J connectivity index is 0.000000726. The summed E-state index contributed by atoms with van der Waals surface area (Å²) in [6.07, 6.45) is 0. The number of alkyl halides is 1. The average molecular weight is 613 g/mol. The molecule has 1 atom stereocenters. The summed E-state index contributed by atoms with van der Waals surface area (Å²) in [5, 5.41) is 7.05. The summed E-state index contributed by atoms with van der Waals surface area (Å²) >= 11 is 11.0. The Bertz CT molecular complexity index is 796. The number of benzene rings is 2. The second-order valence-electron chi connectivity index (χ2n) is 5.21. The first-order valence-corrected chi connectivity index (χ1v) is 13.2. The number of fused-ring (bicyclic) bond motifs is 1. The third-order valence-corrected chi connectivity index (χ3v) is 5.70. The first kappa shape index (κ1) is 21.2. The minimum atomic E-state index is 0. The van der Waals surface area contributed by atoms with Gasteiger partial charge in [0.05, 0.1) is 5.56 Å². The van der Waals surface area contributed by atoms with E-state index in [2.05, 4.69) is 102 Å². The quantitative estimate of drug-likeness (QED) is 0.335. The van der Waals surface area contributed by atoms with Crippen LogP contribution in [0.2, 0.25) is 0 Å². The molecule has 8 heteroatoms. The van der Waals surface area contributed by atoms with E-state index in [1.165, 1.54) is 5.16 Å². The second-order valence-corrected chi connectivity index (χ2v) is 6.84. The van der Waals surface area contributed by atoms with E-state index in [0.717, 1.165) is 28.2 Å². The van der Waals surface area contributed by atoms with E-state index in [4.69, 9.17) is 5.10 Å². The van der Waals surface area contributed by atoms with E-state index in [1.807, 2.05) is 23.9 Å². The number of hydrogen-bond acceptors (Lipinski definition) is 2. The van der Waals surface area contributed by atoms with Gasteiger partial charge in [-0.05, 0) is 36.0 Å². The molecule has 3 nitrogen and oxygen atoms in total. The lowest BCUT2D eigenvalue weighted by Crippen LogP contribution is -3.00. The molecule has 25 heavy (non-hydrogen) atoms. The molecule has 0 fully saturated rings. The first-order chi connectivity index (χ1) is 11.9. The first-order valence-electron chi connectivity index (χ1n) is 7.37. The standard InChI is InChI=1S/C17H15BrN3S.Br2.BrH/c18-11-15-12-22-17-20(14-9-5-2-6-10-14)16(19-21(15)17)13-7-3-1-4-8-13;1-2;/h1-10,15H,11-12H2;;1H/q+1;;/p-1. The van der Waals surface area contributed by atoms with Gasteiger partial charge in [0.1, 0.15) is 11.7 Å². The Morgan fingerprint density at radius 2 is 1.64 bits per heavy atom. The summed E-state index contributed by atoms with van der Waals surface area (Å²) in [5.41, 5.74) is 2.30. The van der Waals surface area contributed by atoms with Crippen molar-refractivity contribution in [1.29, 1.82) is 0 Å². The third-order valence-electron chi connectivity index (χ3n) is 3.78. The zero-order valence-electron chi connectivity index (χ0n) is 13.0. The van der Waals surface area contributed by atoms with Crippen LogP contribution in [0.15, 0.2) is 65.8 Å². The van der Waals surface area contributed by atoms with Crippen molar-refractivity contribution in [2.24, 2.45) is 0 Å². The number of halogens is 4. The van der Waals surface area contributed by atoms with Crippen LogP contribution >= 0.6 is 55.9 Å². The van der Waals surface area contributed by atoms with Gasteiger partial charge in [-0.3, -0.25) is 0 Å². The van der Waals surface area contributed by atoms with Crippen LogP contribution < -0.4 is 21.5 Å². The van der Waals surface area contributed by atoms with Gasteiger partial charge in [-0.1, -0.05) is 57.0 Å². The van der Waals surface area contributed by atoms with Crippen LogP contribution in [0, 0.1) is 0 Å². The van der Waals surface area contributed by atoms with Crippen LogP contribution in [0.1, 0.15) is 6.04 Å². The maximum absolute atomic E-state index is 4.92. The lowest BCUT2D eigenvalue weighted by Gasteiger charge is -2.02. The van der Waals surface area contributed by atoms with Gasteiger partial charge in [0.2, 0.25) is 0 Å². The summed E-state index contributed by atoms with van der Waals surface area (Å²) in [5.74, 6) is 2.06. The summed E-state index contributed by atoms with van der Waals surface area (Å²) < 4.78 is 4.43. The predicted molar refractivity (Wildman–Crippen MR) is 111 cm³/mol. The average Bonchev–Trinajstić information content (AvgIpc) is 3.23. The fourth-order valence-corrected chi connectivity index (χ4v) is 4.74. The largest absolute Gasteiger partial charge is 1.00 e. The minimum absolute atomic E-state index is 0. The van der Waals surface area contributed by atoms with E-state index in [0.29, 0.717) is 6.04 Å².